The molecule has 6 nitrogen and oxygen atoms in total. The Morgan fingerprint density at radius 1 is 1.20 bits per heavy atom. The molecule has 2 aromatic rings. The molecular formula is C18H18N2O4S. The van der Waals surface area contributed by atoms with E-state index in [4.69, 9.17) is 0 Å². The number of carbonyl (C=O) groups is 1. The van der Waals surface area contributed by atoms with Crippen molar-refractivity contribution in [2.75, 3.05) is 6.54 Å². The second kappa shape index (κ2) is 7.06. The number of hydrogen-bond acceptors (Lipinski definition) is 4. The number of aryl methyl sites for hydroxylation is 2. The highest BCUT2D eigenvalue weighted by atomic mass is 32.2. The van der Waals surface area contributed by atoms with Crippen molar-refractivity contribution >= 4 is 15.7 Å². The Bertz CT molecular complexity index is 976. The van der Waals surface area contributed by atoms with Crippen LogP contribution in [0.25, 0.3) is 0 Å². The van der Waals surface area contributed by atoms with Crippen LogP contribution in [0.15, 0.2) is 57.6 Å². The van der Waals surface area contributed by atoms with Gasteiger partial charge < -0.3 is 10.3 Å². The molecule has 1 aliphatic rings. The highest BCUT2D eigenvalue weighted by Gasteiger charge is 2.17. The topological polar surface area (TPSA) is 96.1 Å². The largest absolute Gasteiger partial charge is 0.348 e. The maximum absolute atomic E-state index is 12.1. The van der Waals surface area contributed by atoms with Gasteiger partial charge in [0.05, 0.1) is 4.90 Å². The number of fused-ring (bicyclic) bond motifs is 1. The van der Waals surface area contributed by atoms with Gasteiger partial charge in [0.25, 0.3) is 11.5 Å². The van der Waals surface area contributed by atoms with Gasteiger partial charge in [0.1, 0.15) is 5.56 Å². The van der Waals surface area contributed by atoms with Crippen molar-refractivity contribution in [1.29, 1.82) is 0 Å². The number of sulfone groups is 1. The Balaban J connectivity index is 1.65. The smallest absolute Gasteiger partial charge is 0.261 e. The normalized spacial score (nSPS) is 13.8. The van der Waals surface area contributed by atoms with Gasteiger partial charge in [0.15, 0.2) is 9.84 Å². The number of amides is 1. The van der Waals surface area contributed by atoms with Gasteiger partial charge in [0, 0.05) is 17.6 Å². The molecule has 0 spiro atoms. The number of pyridine rings is 1. The first-order valence-corrected chi connectivity index (χ1v) is 9.52. The minimum Gasteiger partial charge on any atom is -0.348 e. The summed E-state index contributed by atoms with van der Waals surface area (Å²) in [4.78, 5) is 27.0. The second-order valence-corrected chi connectivity index (χ2v) is 7.64. The standard InChI is InChI=1S/C18H18N2O4S/c21-17(15-12-13-6-4-9-16(13)20-18(15)22)19-10-5-11-25(23,24)14-7-2-1-3-8-14/h1-3,5,7-8,11-12H,4,6,9-10H2,(H,19,21)(H,20,22)/b11-5+. The van der Waals surface area contributed by atoms with Crippen molar-refractivity contribution in [3.8, 4) is 0 Å². The summed E-state index contributed by atoms with van der Waals surface area (Å²) in [5.41, 5.74) is 1.53. The molecule has 0 bridgehead atoms. The molecule has 0 unspecified atom stereocenters. The lowest BCUT2D eigenvalue weighted by Crippen LogP contribution is -2.30. The first-order chi connectivity index (χ1) is 12.0. The number of H-pyrrole nitrogens is 1. The van der Waals surface area contributed by atoms with E-state index in [9.17, 15) is 18.0 Å². The van der Waals surface area contributed by atoms with Crippen molar-refractivity contribution in [2.24, 2.45) is 0 Å². The predicted molar refractivity (Wildman–Crippen MR) is 94.2 cm³/mol. The summed E-state index contributed by atoms with van der Waals surface area (Å²) >= 11 is 0. The molecular weight excluding hydrogens is 340 g/mol. The molecule has 3 rings (SSSR count). The fourth-order valence-corrected chi connectivity index (χ4v) is 3.84. The van der Waals surface area contributed by atoms with E-state index in [1.807, 2.05) is 0 Å². The molecule has 130 valence electrons. The summed E-state index contributed by atoms with van der Waals surface area (Å²) in [5, 5.41) is 3.60. The maximum atomic E-state index is 12.1. The van der Waals surface area contributed by atoms with Gasteiger partial charge in [-0.05, 0) is 43.0 Å². The van der Waals surface area contributed by atoms with Crippen LogP contribution in [0.2, 0.25) is 0 Å². The van der Waals surface area contributed by atoms with Gasteiger partial charge in [-0.25, -0.2) is 8.42 Å². The van der Waals surface area contributed by atoms with E-state index in [0.29, 0.717) is 0 Å². The fraction of sp³-hybridized carbons (Fsp3) is 0.222. The van der Waals surface area contributed by atoms with Gasteiger partial charge in [0.2, 0.25) is 0 Å². The summed E-state index contributed by atoms with van der Waals surface area (Å²) < 4.78 is 24.1. The maximum Gasteiger partial charge on any atom is 0.261 e. The summed E-state index contributed by atoms with van der Waals surface area (Å²) in [5.74, 6) is -0.516. The zero-order chi connectivity index (χ0) is 17.9. The molecule has 2 N–H and O–H groups in total. The lowest BCUT2D eigenvalue weighted by Gasteiger charge is -2.05. The average Bonchev–Trinajstić information content (AvgIpc) is 3.05. The molecule has 7 heteroatoms. The van der Waals surface area contributed by atoms with Crippen LogP contribution in [0.4, 0.5) is 0 Å². The lowest BCUT2D eigenvalue weighted by molar-refractivity contribution is 0.0956. The SMILES string of the molecule is O=C(NC/C=C/S(=O)(=O)c1ccccc1)c1cc2c([nH]c1=O)CCC2. The summed E-state index contributed by atoms with van der Waals surface area (Å²) in [6, 6.07) is 9.65. The number of aromatic nitrogens is 1. The lowest BCUT2D eigenvalue weighted by atomic mass is 10.1. The van der Waals surface area contributed by atoms with Gasteiger partial charge in [-0.3, -0.25) is 9.59 Å². The molecule has 25 heavy (non-hydrogen) atoms. The Morgan fingerprint density at radius 3 is 2.72 bits per heavy atom. The average molecular weight is 358 g/mol. The minimum atomic E-state index is -3.54. The van der Waals surface area contributed by atoms with Crippen molar-refractivity contribution < 1.29 is 13.2 Å². The van der Waals surface area contributed by atoms with E-state index < -0.39 is 21.3 Å². The van der Waals surface area contributed by atoms with Gasteiger partial charge >= 0.3 is 0 Å². The summed E-state index contributed by atoms with van der Waals surface area (Å²) in [6.45, 7) is 0.0153. The summed E-state index contributed by atoms with van der Waals surface area (Å²) in [7, 11) is -3.54. The molecule has 1 aliphatic carbocycles. The molecule has 0 saturated carbocycles. The molecule has 0 saturated heterocycles. The number of nitrogens with one attached hydrogen (secondary N) is 2. The van der Waals surface area contributed by atoms with Crippen molar-refractivity contribution in [3.05, 3.63) is 75.1 Å². The molecule has 1 heterocycles. The van der Waals surface area contributed by atoms with Crippen LogP contribution in [0.3, 0.4) is 0 Å². The number of benzene rings is 1. The third kappa shape index (κ3) is 3.88. The Labute approximate surface area is 145 Å². The number of hydrogen-bond donors (Lipinski definition) is 2. The van der Waals surface area contributed by atoms with Crippen molar-refractivity contribution in [3.63, 3.8) is 0 Å². The highest BCUT2D eigenvalue weighted by molar-refractivity contribution is 7.94. The van der Waals surface area contributed by atoms with E-state index in [1.165, 1.54) is 18.2 Å². The van der Waals surface area contributed by atoms with Crippen LogP contribution in [0.1, 0.15) is 28.0 Å². The molecule has 0 aliphatic heterocycles. The van der Waals surface area contributed by atoms with Crippen LogP contribution < -0.4 is 10.9 Å². The number of aromatic amines is 1. The van der Waals surface area contributed by atoms with Crippen LogP contribution >= 0.6 is 0 Å². The second-order valence-electron chi connectivity index (χ2n) is 5.81. The Kier molecular flexibility index (Phi) is 4.85. The molecule has 1 aromatic carbocycles. The van der Waals surface area contributed by atoms with Crippen molar-refractivity contribution in [2.45, 2.75) is 24.2 Å². The van der Waals surface area contributed by atoms with E-state index >= 15 is 0 Å². The highest BCUT2D eigenvalue weighted by Crippen LogP contribution is 2.18. The molecule has 0 radical (unpaired) electrons. The van der Waals surface area contributed by atoms with Crippen LogP contribution in [-0.2, 0) is 22.7 Å². The first-order valence-electron chi connectivity index (χ1n) is 7.97. The molecule has 1 aromatic heterocycles. The molecule has 1 amide bonds. The van der Waals surface area contributed by atoms with Crippen LogP contribution in [-0.4, -0.2) is 25.9 Å². The summed E-state index contributed by atoms with van der Waals surface area (Å²) in [6.07, 6.45) is 3.99. The van der Waals surface area contributed by atoms with E-state index in [2.05, 4.69) is 10.3 Å². The third-order valence-electron chi connectivity index (χ3n) is 4.06. The van der Waals surface area contributed by atoms with Crippen LogP contribution in [0, 0.1) is 0 Å². The molecule has 0 atom stereocenters. The van der Waals surface area contributed by atoms with Gasteiger partial charge in [-0.15, -0.1) is 0 Å². The zero-order valence-corrected chi connectivity index (χ0v) is 14.3. The monoisotopic (exact) mass is 358 g/mol. The molecule has 0 fully saturated rings. The van der Waals surface area contributed by atoms with E-state index in [1.54, 1.807) is 24.3 Å². The minimum absolute atomic E-state index is 0.0153. The van der Waals surface area contributed by atoms with E-state index in [0.717, 1.165) is 35.9 Å². The quantitative estimate of drug-likeness (QED) is 0.848. The van der Waals surface area contributed by atoms with E-state index in [-0.39, 0.29) is 17.0 Å². The first kappa shape index (κ1) is 17.2. The van der Waals surface area contributed by atoms with Gasteiger partial charge in [-0.1, -0.05) is 24.3 Å². The fourth-order valence-electron chi connectivity index (χ4n) is 2.79. The zero-order valence-electron chi connectivity index (χ0n) is 13.5. The predicted octanol–water partition coefficient (Wildman–Crippen LogP) is 1.58. The van der Waals surface area contributed by atoms with Crippen LogP contribution in [0.5, 0.6) is 0 Å². The van der Waals surface area contributed by atoms with Gasteiger partial charge in [-0.2, -0.15) is 0 Å². The van der Waals surface area contributed by atoms with Crippen molar-refractivity contribution in [1.82, 2.24) is 10.3 Å². The Morgan fingerprint density at radius 2 is 1.96 bits per heavy atom. The number of carbonyl (C=O) groups excluding carboxylic acids is 1. The third-order valence-corrected chi connectivity index (χ3v) is 5.54. The number of rotatable bonds is 5. The Hall–Kier alpha value is -2.67.